The zero-order valence-corrected chi connectivity index (χ0v) is 5.16. The molecule has 0 unspecified atom stereocenters. The number of rotatable bonds is 1. The van der Waals surface area contributed by atoms with Gasteiger partial charge in [-0.25, -0.2) is 4.57 Å². The predicted octanol–water partition coefficient (Wildman–Crippen LogP) is -0.0311. The van der Waals surface area contributed by atoms with Crippen molar-refractivity contribution in [2.75, 3.05) is 0 Å². The summed E-state index contributed by atoms with van der Waals surface area (Å²) < 4.78 is 1.86. The first-order valence-corrected chi connectivity index (χ1v) is 2.66. The molecule has 0 saturated carbocycles. The van der Waals surface area contributed by atoms with E-state index in [0.29, 0.717) is 5.56 Å². The summed E-state index contributed by atoms with van der Waals surface area (Å²) in [6.07, 6.45) is 5.40. The lowest BCUT2D eigenvalue weighted by Crippen LogP contribution is -2.25. The van der Waals surface area contributed by atoms with Gasteiger partial charge in [-0.05, 0) is 0 Å². The summed E-state index contributed by atoms with van der Waals surface area (Å²) in [7, 11) is 1.90. The van der Waals surface area contributed by atoms with Gasteiger partial charge in [0.25, 0.3) is 0 Å². The average molecular weight is 121 g/mol. The monoisotopic (exact) mass is 121 g/mol. The maximum Gasteiger partial charge on any atom is 0.233 e. The fourth-order valence-corrected chi connectivity index (χ4v) is 0.569. The van der Waals surface area contributed by atoms with Gasteiger partial charge in [0.15, 0.2) is 12.4 Å². The van der Waals surface area contributed by atoms with Crippen molar-refractivity contribution in [3.8, 4) is 0 Å². The van der Waals surface area contributed by atoms with Crippen LogP contribution in [0.1, 0.15) is 5.56 Å². The lowest BCUT2D eigenvalue weighted by atomic mass is 10.3. The molecule has 0 aliphatic rings. The first kappa shape index (κ1) is 5.95. The molecule has 0 bridgehead atoms. The van der Waals surface area contributed by atoms with Crippen LogP contribution in [-0.2, 0) is 11.8 Å². The molecule has 1 heterocycles. The lowest BCUT2D eigenvalue weighted by molar-refractivity contribution is -0.671. The van der Waals surface area contributed by atoms with Crippen LogP contribution in [0.2, 0.25) is 0 Å². The molecule has 2 heteroatoms. The van der Waals surface area contributed by atoms with Crippen molar-refractivity contribution in [3.63, 3.8) is 0 Å². The van der Waals surface area contributed by atoms with E-state index in [0.717, 1.165) is 0 Å². The van der Waals surface area contributed by atoms with Crippen LogP contribution in [0.4, 0.5) is 0 Å². The predicted molar refractivity (Wildman–Crippen MR) is 32.4 cm³/mol. The number of aromatic nitrogens is 1. The maximum atomic E-state index is 9.98. The third-order valence-electron chi connectivity index (χ3n) is 1.10. The van der Waals surface area contributed by atoms with Crippen molar-refractivity contribution in [2.24, 2.45) is 7.05 Å². The zero-order chi connectivity index (χ0) is 6.69. The highest BCUT2D eigenvalue weighted by atomic mass is 16.1. The number of pyridine rings is 1. The first-order chi connectivity index (χ1) is 4.33. The topological polar surface area (TPSA) is 20.9 Å². The van der Waals surface area contributed by atoms with Crippen molar-refractivity contribution in [2.45, 2.75) is 0 Å². The summed E-state index contributed by atoms with van der Waals surface area (Å²) in [4.78, 5) is 9.98. The van der Waals surface area contributed by atoms with Gasteiger partial charge in [0, 0.05) is 17.7 Å². The molecule has 1 aromatic heterocycles. The van der Waals surface area contributed by atoms with E-state index in [1.807, 2.05) is 11.6 Å². The number of hydrogen-bond donors (Lipinski definition) is 0. The Labute approximate surface area is 53.8 Å². The second-order valence-corrected chi connectivity index (χ2v) is 1.85. The maximum absolute atomic E-state index is 9.98. The van der Waals surface area contributed by atoms with Gasteiger partial charge in [-0.2, -0.15) is 0 Å². The molecule has 45 valence electrons. The van der Waals surface area contributed by atoms with Crippen LogP contribution in [0.5, 0.6) is 0 Å². The minimum atomic E-state index is 0.591. The van der Waals surface area contributed by atoms with E-state index in [4.69, 9.17) is 0 Å². The molecule has 0 atom stereocenters. The molecule has 0 aromatic carbocycles. The molecule has 0 aliphatic heterocycles. The van der Waals surface area contributed by atoms with Crippen molar-refractivity contribution < 1.29 is 9.36 Å². The van der Waals surface area contributed by atoms with Crippen LogP contribution >= 0.6 is 0 Å². The van der Waals surface area contributed by atoms with Crippen molar-refractivity contribution in [3.05, 3.63) is 30.1 Å². The van der Waals surface area contributed by atoms with Crippen LogP contribution in [0.3, 0.4) is 0 Å². The van der Waals surface area contributed by atoms with Crippen LogP contribution < -0.4 is 4.57 Å². The Balaban J connectivity index is 3.01. The van der Waals surface area contributed by atoms with Gasteiger partial charge in [-0.15, -0.1) is 0 Å². The van der Waals surface area contributed by atoms with E-state index < -0.39 is 0 Å². The SMILES string of the molecule is C[n+]1ccc([C]=O)cc1. The molecule has 1 aromatic rings. The van der Waals surface area contributed by atoms with Crippen molar-refractivity contribution in [1.82, 2.24) is 0 Å². The molecular formula is C7H7NO+. The minimum Gasteiger partial charge on any atom is -0.285 e. The number of carbonyl (C=O) groups excluding carboxylic acids is 1. The third-order valence-corrected chi connectivity index (χ3v) is 1.10. The molecule has 0 fully saturated rings. The Morgan fingerprint density at radius 2 is 2.00 bits per heavy atom. The van der Waals surface area contributed by atoms with Crippen molar-refractivity contribution >= 4 is 6.29 Å². The molecule has 1 rings (SSSR count). The lowest BCUT2D eigenvalue weighted by Gasteiger charge is -1.83. The summed E-state index contributed by atoms with van der Waals surface area (Å²) in [6, 6.07) is 3.43. The fourth-order valence-electron chi connectivity index (χ4n) is 0.569. The van der Waals surface area contributed by atoms with Crippen LogP contribution in [-0.4, -0.2) is 6.29 Å². The van der Waals surface area contributed by atoms with Gasteiger partial charge in [0.05, 0.1) is 0 Å². The Hall–Kier alpha value is -1.18. The number of nitrogens with zero attached hydrogens (tertiary/aromatic N) is 1. The van der Waals surface area contributed by atoms with E-state index in [1.165, 1.54) is 0 Å². The summed E-state index contributed by atoms with van der Waals surface area (Å²) in [5.41, 5.74) is 0.591. The second kappa shape index (κ2) is 2.40. The van der Waals surface area contributed by atoms with Gasteiger partial charge in [-0.3, -0.25) is 4.79 Å². The van der Waals surface area contributed by atoms with E-state index >= 15 is 0 Å². The first-order valence-electron chi connectivity index (χ1n) is 2.66. The molecule has 0 N–H and O–H groups in total. The highest BCUT2D eigenvalue weighted by Crippen LogP contribution is 1.86. The summed E-state index contributed by atoms with van der Waals surface area (Å²) in [5, 5.41) is 0. The van der Waals surface area contributed by atoms with Crippen LogP contribution in [0, 0.1) is 0 Å². The second-order valence-electron chi connectivity index (χ2n) is 1.85. The van der Waals surface area contributed by atoms with Gasteiger partial charge in [0.1, 0.15) is 7.05 Å². The van der Waals surface area contributed by atoms with Gasteiger partial charge < -0.3 is 0 Å². The molecule has 0 amide bonds. The fraction of sp³-hybridized carbons (Fsp3) is 0.143. The van der Waals surface area contributed by atoms with Gasteiger partial charge >= 0.3 is 0 Å². The van der Waals surface area contributed by atoms with Crippen LogP contribution in [0.25, 0.3) is 0 Å². The average Bonchev–Trinajstić information content (AvgIpc) is 1.90. The van der Waals surface area contributed by atoms with E-state index in [2.05, 4.69) is 0 Å². The highest BCUT2D eigenvalue weighted by Gasteiger charge is 1.91. The summed E-state index contributed by atoms with van der Waals surface area (Å²) >= 11 is 0. The largest absolute Gasteiger partial charge is 0.285 e. The van der Waals surface area contributed by atoms with Crippen LogP contribution in [0.15, 0.2) is 24.5 Å². The van der Waals surface area contributed by atoms with E-state index in [9.17, 15) is 4.79 Å². The van der Waals surface area contributed by atoms with Gasteiger partial charge in [-0.1, -0.05) is 0 Å². The highest BCUT2D eigenvalue weighted by molar-refractivity contribution is 5.74. The Morgan fingerprint density at radius 1 is 1.44 bits per heavy atom. The minimum absolute atomic E-state index is 0.591. The smallest absolute Gasteiger partial charge is 0.233 e. The summed E-state index contributed by atoms with van der Waals surface area (Å²) in [6.45, 7) is 0. The zero-order valence-electron chi connectivity index (χ0n) is 5.16. The number of hydrogen-bond acceptors (Lipinski definition) is 1. The van der Waals surface area contributed by atoms with Gasteiger partial charge in [0.2, 0.25) is 6.29 Å². The van der Waals surface area contributed by atoms with Crippen molar-refractivity contribution in [1.29, 1.82) is 0 Å². The van der Waals surface area contributed by atoms with E-state index in [-0.39, 0.29) is 0 Å². The molecule has 9 heavy (non-hydrogen) atoms. The standard InChI is InChI=1S/C7H7NO/c1-8-4-2-7(6-9)3-5-8/h2-5H,1H3/q+1. The molecule has 0 aliphatic carbocycles. The quantitative estimate of drug-likeness (QED) is 0.478. The molecule has 2 nitrogen and oxygen atoms in total. The molecular weight excluding hydrogens is 114 g/mol. The molecule has 0 saturated heterocycles. The molecule has 1 radical (unpaired) electrons. The Morgan fingerprint density at radius 3 is 2.44 bits per heavy atom. The number of aryl methyl sites for hydroxylation is 1. The normalized spacial score (nSPS) is 9.00. The Bertz CT molecular complexity index is 203. The summed E-state index contributed by atoms with van der Waals surface area (Å²) in [5.74, 6) is 0. The molecule has 0 spiro atoms. The van der Waals surface area contributed by atoms with E-state index in [1.54, 1.807) is 30.8 Å². The Kier molecular flexibility index (Phi) is 1.58. The third kappa shape index (κ3) is 1.35.